The van der Waals surface area contributed by atoms with Crippen molar-refractivity contribution in [1.82, 2.24) is 4.98 Å². The van der Waals surface area contributed by atoms with Gasteiger partial charge in [-0.1, -0.05) is 17.7 Å². The quantitative estimate of drug-likeness (QED) is 0.516. The van der Waals surface area contributed by atoms with Crippen LogP contribution in [0.2, 0.25) is 5.02 Å². The van der Waals surface area contributed by atoms with Gasteiger partial charge in [0.05, 0.1) is 12.6 Å². The van der Waals surface area contributed by atoms with E-state index in [0.717, 1.165) is 16.3 Å². The molecule has 0 atom stereocenters. The van der Waals surface area contributed by atoms with Crippen LogP contribution in [0.1, 0.15) is 10.6 Å². The van der Waals surface area contributed by atoms with Crippen LogP contribution in [-0.2, 0) is 0 Å². The van der Waals surface area contributed by atoms with Gasteiger partial charge in [0, 0.05) is 34.6 Å². The number of furan rings is 1. The van der Waals surface area contributed by atoms with E-state index in [1.54, 1.807) is 38.4 Å². The maximum Gasteiger partial charge on any atom is 0.293 e. The molecule has 0 radical (unpaired) electrons. The van der Waals surface area contributed by atoms with Gasteiger partial charge in [0.25, 0.3) is 5.91 Å². The molecule has 6 heteroatoms. The van der Waals surface area contributed by atoms with Gasteiger partial charge in [-0.2, -0.15) is 0 Å². The van der Waals surface area contributed by atoms with E-state index in [1.165, 1.54) is 4.90 Å². The fourth-order valence-corrected chi connectivity index (χ4v) is 2.99. The third-order valence-corrected chi connectivity index (χ3v) is 4.46. The second-order valence-corrected chi connectivity index (χ2v) is 6.33. The van der Waals surface area contributed by atoms with E-state index in [2.05, 4.69) is 4.98 Å². The molecule has 0 aliphatic carbocycles. The first kappa shape index (κ1) is 16.4. The summed E-state index contributed by atoms with van der Waals surface area (Å²) < 4.78 is 10.9. The molecule has 130 valence electrons. The first-order valence-electron chi connectivity index (χ1n) is 7.97. The summed E-state index contributed by atoms with van der Waals surface area (Å²) in [4.78, 5) is 18.8. The van der Waals surface area contributed by atoms with Crippen LogP contribution in [-0.4, -0.2) is 25.0 Å². The Morgan fingerprint density at radius 3 is 2.73 bits per heavy atom. The highest BCUT2D eigenvalue weighted by molar-refractivity contribution is 6.31. The molecule has 0 unspecified atom stereocenters. The molecule has 5 nitrogen and oxygen atoms in total. The number of anilines is 1. The molecule has 4 rings (SSSR count). The number of pyridine rings is 1. The van der Waals surface area contributed by atoms with Crippen molar-refractivity contribution in [2.75, 3.05) is 19.1 Å². The van der Waals surface area contributed by atoms with Gasteiger partial charge >= 0.3 is 0 Å². The van der Waals surface area contributed by atoms with Crippen LogP contribution < -0.4 is 9.64 Å². The van der Waals surface area contributed by atoms with Crippen molar-refractivity contribution in [3.8, 4) is 5.75 Å². The number of hydrogen-bond acceptors (Lipinski definition) is 4. The average Bonchev–Trinajstić information content (AvgIpc) is 3.07. The Morgan fingerprint density at radius 1 is 1.12 bits per heavy atom. The topological polar surface area (TPSA) is 55.6 Å². The number of amides is 1. The van der Waals surface area contributed by atoms with Crippen LogP contribution in [0.5, 0.6) is 5.75 Å². The maximum atomic E-state index is 12.8. The van der Waals surface area contributed by atoms with Crippen molar-refractivity contribution in [2.45, 2.75) is 0 Å². The molecule has 0 aliphatic heterocycles. The number of methoxy groups -OCH3 is 1. The average molecular weight is 367 g/mol. The number of halogens is 1. The zero-order valence-corrected chi connectivity index (χ0v) is 14.9. The van der Waals surface area contributed by atoms with Crippen LogP contribution in [0.25, 0.3) is 22.0 Å². The van der Waals surface area contributed by atoms with Crippen LogP contribution in [0.15, 0.2) is 59.0 Å². The summed E-state index contributed by atoms with van der Waals surface area (Å²) in [5.74, 6) is 0.664. The Morgan fingerprint density at radius 2 is 1.96 bits per heavy atom. The van der Waals surface area contributed by atoms with E-state index < -0.39 is 0 Å². The molecule has 0 aliphatic rings. The largest absolute Gasteiger partial charge is 0.497 e. The van der Waals surface area contributed by atoms with Crippen molar-refractivity contribution in [3.63, 3.8) is 0 Å². The predicted molar refractivity (Wildman–Crippen MR) is 102 cm³/mol. The van der Waals surface area contributed by atoms with Crippen molar-refractivity contribution in [2.24, 2.45) is 0 Å². The van der Waals surface area contributed by atoms with E-state index in [1.807, 2.05) is 30.3 Å². The molecular weight excluding hydrogens is 352 g/mol. The minimum Gasteiger partial charge on any atom is -0.497 e. The summed E-state index contributed by atoms with van der Waals surface area (Å²) in [6, 6.07) is 16.4. The summed E-state index contributed by atoms with van der Waals surface area (Å²) in [7, 11) is 3.28. The molecule has 0 N–H and O–H groups in total. The predicted octanol–water partition coefficient (Wildman–Crippen LogP) is 4.92. The van der Waals surface area contributed by atoms with Crippen LogP contribution >= 0.6 is 11.6 Å². The molecule has 0 saturated heterocycles. The van der Waals surface area contributed by atoms with Gasteiger partial charge in [0.15, 0.2) is 5.76 Å². The fourth-order valence-electron chi connectivity index (χ4n) is 2.81. The lowest BCUT2D eigenvalue weighted by atomic mass is 10.2. The zero-order valence-electron chi connectivity index (χ0n) is 14.2. The number of aromatic nitrogens is 1. The third-order valence-electron chi connectivity index (χ3n) is 4.22. The molecule has 4 aromatic rings. The molecule has 2 aromatic carbocycles. The molecule has 0 fully saturated rings. The van der Waals surface area contributed by atoms with Crippen molar-refractivity contribution in [3.05, 3.63) is 65.4 Å². The minimum absolute atomic E-state index is 0.220. The highest BCUT2D eigenvalue weighted by Crippen LogP contribution is 2.27. The molecule has 0 bridgehead atoms. The lowest BCUT2D eigenvalue weighted by Gasteiger charge is -2.15. The van der Waals surface area contributed by atoms with E-state index in [-0.39, 0.29) is 11.7 Å². The lowest BCUT2D eigenvalue weighted by molar-refractivity contribution is 0.0968. The molecule has 1 amide bonds. The van der Waals surface area contributed by atoms with E-state index >= 15 is 0 Å². The third kappa shape index (κ3) is 2.86. The molecule has 26 heavy (non-hydrogen) atoms. The molecule has 2 aromatic heterocycles. The van der Waals surface area contributed by atoms with E-state index in [9.17, 15) is 4.79 Å². The number of ether oxygens (including phenoxy) is 1. The second kappa shape index (κ2) is 6.35. The second-order valence-electron chi connectivity index (χ2n) is 5.90. The molecule has 2 heterocycles. The van der Waals surface area contributed by atoms with Crippen molar-refractivity contribution in [1.29, 1.82) is 0 Å². The van der Waals surface area contributed by atoms with E-state index in [0.29, 0.717) is 22.2 Å². The normalized spacial score (nSPS) is 11.0. The van der Waals surface area contributed by atoms with Gasteiger partial charge in [0.2, 0.25) is 5.71 Å². The summed E-state index contributed by atoms with van der Waals surface area (Å²) >= 11 is 6.01. The Labute approximate surface area is 154 Å². The first-order valence-corrected chi connectivity index (χ1v) is 8.35. The van der Waals surface area contributed by atoms with Crippen LogP contribution in [0.3, 0.4) is 0 Å². The highest BCUT2D eigenvalue weighted by atomic mass is 35.5. The van der Waals surface area contributed by atoms with Crippen molar-refractivity contribution < 1.29 is 13.9 Å². The summed E-state index contributed by atoms with van der Waals surface area (Å²) in [5, 5.41) is 2.28. The highest BCUT2D eigenvalue weighted by Gasteiger charge is 2.19. The first-order chi connectivity index (χ1) is 12.5. The lowest BCUT2D eigenvalue weighted by Crippen LogP contribution is -2.25. The number of rotatable bonds is 3. The standard InChI is InChI=1S/C20H15ClN2O3/c1-23(15-5-3-4-14(21)10-15)20(24)18-9-13-8-12-6-7-16(25-2)11-17(12)22-19(13)26-18/h3-11H,1-2H3. The smallest absolute Gasteiger partial charge is 0.293 e. The van der Waals surface area contributed by atoms with Crippen LogP contribution in [0.4, 0.5) is 5.69 Å². The Hall–Kier alpha value is -3.05. The van der Waals surface area contributed by atoms with Gasteiger partial charge in [-0.15, -0.1) is 0 Å². The number of carbonyl (C=O) groups is 1. The van der Waals surface area contributed by atoms with Crippen LogP contribution in [0, 0.1) is 0 Å². The molecule has 0 saturated carbocycles. The van der Waals surface area contributed by atoms with Gasteiger partial charge in [0.1, 0.15) is 5.75 Å². The summed E-state index contributed by atoms with van der Waals surface area (Å²) in [6.45, 7) is 0. The monoisotopic (exact) mass is 366 g/mol. The SMILES string of the molecule is COc1ccc2cc3cc(C(=O)N(C)c4cccc(Cl)c4)oc3nc2c1. The van der Waals surface area contributed by atoms with Gasteiger partial charge < -0.3 is 14.1 Å². The number of nitrogens with zero attached hydrogens (tertiary/aromatic N) is 2. The summed E-state index contributed by atoms with van der Waals surface area (Å²) in [6.07, 6.45) is 0. The van der Waals surface area contributed by atoms with Gasteiger partial charge in [-0.3, -0.25) is 4.79 Å². The van der Waals surface area contributed by atoms with Gasteiger partial charge in [-0.25, -0.2) is 4.98 Å². The fraction of sp³-hybridized carbons (Fsp3) is 0.100. The van der Waals surface area contributed by atoms with Gasteiger partial charge in [-0.05, 0) is 42.5 Å². The Balaban J connectivity index is 1.74. The zero-order chi connectivity index (χ0) is 18.3. The Kier molecular flexibility index (Phi) is 4.01. The minimum atomic E-state index is -0.271. The maximum absolute atomic E-state index is 12.8. The van der Waals surface area contributed by atoms with Crippen molar-refractivity contribution >= 4 is 45.2 Å². The Bertz CT molecular complexity index is 1140. The molecule has 0 spiro atoms. The number of hydrogen-bond donors (Lipinski definition) is 0. The number of carbonyl (C=O) groups excluding carboxylic acids is 1. The molecular formula is C20H15ClN2O3. The number of benzene rings is 2. The van der Waals surface area contributed by atoms with E-state index in [4.69, 9.17) is 20.8 Å². The summed E-state index contributed by atoms with van der Waals surface area (Å²) in [5.41, 5.74) is 1.84. The number of fused-ring (bicyclic) bond motifs is 2.